The molecule has 5 heteroatoms. The number of hydrogen-bond acceptors (Lipinski definition) is 4. The van der Waals surface area contributed by atoms with Crippen LogP contribution >= 0.6 is 0 Å². The monoisotopic (exact) mass is 208 g/mol. The second kappa shape index (κ2) is 5.29. The van der Waals surface area contributed by atoms with Gasteiger partial charge in [-0.25, -0.2) is 9.97 Å². The Morgan fingerprint density at radius 1 is 1.53 bits per heavy atom. The van der Waals surface area contributed by atoms with Crippen molar-refractivity contribution in [2.24, 2.45) is 0 Å². The predicted octanol–water partition coefficient (Wildman–Crippen LogP) is 0.675. The average molecular weight is 208 g/mol. The van der Waals surface area contributed by atoms with Crippen molar-refractivity contribution in [3.8, 4) is 0 Å². The van der Waals surface area contributed by atoms with Gasteiger partial charge in [0.15, 0.2) is 0 Å². The maximum atomic E-state index is 11.5. The molecule has 0 atom stereocenters. The van der Waals surface area contributed by atoms with Crippen molar-refractivity contribution < 1.29 is 4.79 Å². The minimum absolute atomic E-state index is 0.0498. The average Bonchev–Trinajstić information content (AvgIpc) is 2.25. The normalized spacial score (nSPS) is 9.80. The summed E-state index contributed by atoms with van der Waals surface area (Å²) in [6.07, 6.45) is 1.48. The molecule has 1 rings (SSSR count). The molecule has 5 nitrogen and oxygen atoms in total. The number of nitrogens with one attached hydrogen (secondary N) is 1. The van der Waals surface area contributed by atoms with Gasteiger partial charge in [-0.1, -0.05) is 0 Å². The first-order valence-electron chi connectivity index (χ1n) is 4.90. The molecule has 0 aromatic carbocycles. The van der Waals surface area contributed by atoms with Gasteiger partial charge in [-0.3, -0.25) is 4.79 Å². The summed E-state index contributed by atoms with van der Waals surface area (Å²) in [5.74, 6) is 0.731. The second-order valence-electron chi connectivity index (χ2n) is 3.31. The molecule has 1 aromatic rings. The molecule has 1 N–H and O–H groups in total. The Hall–Kier alpha value is -1.65. The van der Waals surface area contributed by atoms with Gasteiger partial charge < -0.3 is 10.2 Å². The molecule has 1 aromatic heterocycles. The number of aryl methyl sites for hydroxylation is 1. The Labute approximate surface area is 89.5 Å². The fourth-order valence-electron chi connectivity index (χ4n) is 1.03. The lowest BCUT2D eigenvalue weighted by atomic mass is 10.4. The third-order valence-corrected chi connectivity index (χ3v) is 2.12. The van der Waals surface area contributed by atoms with Gasteiger partial charge in [0.1, 0.15) is 12.1 Å². The standard InChI is InChI=1S/C10H16N4O/c1-4-14(3)10(15)6-11-9-5-8(2)12-7-13-9/h5,7H,4,6H2,1-3H3,(H,11,12,13). The first-order valence-corrected chi connectivity index (χ1v) is 4.90. The molecule has 0 aliphatic rings. The molecule has 0 saturated heterocycles. The number of anilines is 1. The summed E-state index contributed by atoms with van der Waals surface area (Å²) < 4.78 is 0. The molecule has 82 valence electrons. The van der Waals surface area contributed by atoms with Crippen LogP contribution < -0.4 is 5.32 Å². The molecule has 1 amide bonds. The highest BCUT2D eigenvalue weighted by Gasteiger charge is 2.05. The Kier molecular flexibility index (Phi) is 4.03. The SMILES string of the molecule is CCN(C)C(=O)CNc1cc(C)ncn1. The highest BCUT2D eigenvalue weighted by Crippen LogP contribution is 2.01. The van der Waals surface area contributed by atoms with Crippen molar-refractivity contribution in [2.75, 3.05) is 25.5 Å². The van der Waals surface area contributed by atoms with Crippen molar-refractivity contribution in [3.05, 3.63) is 18.1 Å². The Morgan fingerprint density at radius 2 is 2.27 bits per heavy atom. The molecule has 0 fully saturated rings. The van der Waals surface area contributed by atoms with E-state index >= 15 is 0 Å². The molecule has 0 aliphatic heterocycles. The van der Waals surface area contributed by atoms with Crippen molar-refractivity contribution in [1.82, 2.24) is 14.9 Å². The highest BCUT2D eigenvalue weighted by molar-refractivity contribution is 5.80. The topological polar surface area (TPSA) is 58.1 Å². The van der Waals surface area contributed by atoms with E-state index in [1.165, 1.54) is 6.33 Å². The minimum Gasteiger partial charge on any atom is -0.361 e. The third-order valence-electron chi connectivity index (χ3n) is 2.12. The van der Waals surface area contributed by atoms with Crippen LogP contribution in [0.15, 0.2) is 12.4 Å². The molecule has 0 saturated carbocycles. The zero-order chi connectivity index (χ0) is 11.3. The van der Waals surface area contributed by atoms with Crippen molar-refractivity contribution in [1.29, 1.82) is 0 Å². The van der Waals surface area contributed by atoms with Crippen molar-refractivity contribution >= 4 is 11.7 Å². The van der Waals surface area contributed by atoms with Gasteiger partial charge in [0.05, 0.1) is 6.54 Å². The first kappa shape index (κ1) is 11.4. The van der Waals surface area contributed by atoms with E-state index in [9.17, 15) is 4.79 Å². The smallest absolute Gasteiger partial charge is 0.241 e. The van der Waals surface area contributed by atoms with Crippen LogP contribution in [0, 0.1) is 6.92 Å². The van der Waals surface area contributed by atoms with Crippen LogP contribution in [0.1, 0.15) is 12.6 Å². The van der Waals surface area contributed by atoms with Crippen LogP contribution in [-0.2, 0) is 4.79 Å². The van der Waals surface area contributed by atoms with E-state index in [1.54, 1.807) is 18.0 Å². The fourth-order valence-corrected chi connectivity index (χ4v) is 1.03. The Morgan fingerprint density at radius 3 is 2.87 bits per heavy atom. The molecule has 0 aliphatic carbocycles. The maximum absolute atomic E-state index is 11.5. The van der Waals surface area contributed by atoms with E-state index < -0.39 is 0 Å². The van der Waals surface area contributed by atoms with Crippen LogP contribution in [0.4, 0.5) is 5.82 Å². The summed E-state index contributed by atoms with van der Waals surface area (Å²) in [7, 11) is 1.77. The molecule has 0 spiro atoms. The number of nitrogens with zero attached hydrogens (tertiary/aromatic N) is 3. The number of amides is 1. The molecule has 1 heterocycles. The number of carbonyl (C=O) groups is 1. The summed E-state index contributed by atoms with van der Waals surface area (Å²) in [5, 5.41) is 2.96. The van der Waals surface area contributed by atoms with E-state index in [1.807, 2.05) is 13.8 Å². The molecule has 0 radical (unpaired) electrons. The van der Waals surface area contributed by atoms with Crippen LogP contribution in [0.5, 0.6) is 0 Å². The Balaban J connectivity index is 2.47. The highest BCUT2D eigenvalue weighted by atomic mass is 16.2. The van der Waals surface area contributed by atoms with Gasteiger partial charge in [0.25, 0.3) is 0 Å². The van der Waals surface area contributed by atoms with Crippen molar-refractivity contribution in [2.45, 2.75) is 13.8 Å². The predicted molar refractivity (Wildman–Crippen MR) is 58.6 cm³/mol. The molecule has 0 unspecified atom stereocenters. The molecule has 0 bridgehead atoms. The minimum atomic E-state index is 0.0498. The number of rotatable bonds is 4. The summed E-state index contributed by atoms with van der Waals surface area (Å²) in [5.41, 5.74) is 0.879. The molecular weight excluding hydrogens is 192 g/mol. The van der Waals surface area contributed by atoms with Gasteiger partial charge in [-0.15, -0.1) is 0 Å². The van der Waals surface area contributed by atoms with Crippen LogP contribution in [0.3, 0.4) is 0 Å². The van der Waals surface area contributed by atoms with E-state index in [0.717, 1.165) is 5.69 Å². The van der Waals surface area contributed by atoms with Crippen LogP contribution in [0.25, 0.3) is 0 Å². The van der Waals surface area contributed by atoms with Gasteiger partial charge >= 0.3 is 0 Å². The number of hydrogen-bond donors (Lipinski definition) is 1. The van der Waals surface area contributed by atoms with E-state index in [4.69, 9.17) is 0 Å². The van der Waals surface area contributed by atoms with Gasteiger partial charge in [-0.05, 0) is 13.8 Å². The first-order chi connectivity index (χ1) is 7.13. The van der Waals surface area contributed by atoms with Gasteiger partial charge in [0, 0.05) is 25.4 Å². The zero-order valence-corrected chi connectivity index (χ0v) is 9.32. The lowest BCUT2D eigenvalue weighted by Crippen LogP contribution is -2.32. The maximum Gasteiger partial charge on any atom is 0.241 e. The number of carbonyl (C=O) groups excluding carboxylic acids is 1. The van der Waals surface area contributed by atoms with E-state index in [0.29, 0.717) is 12.4 Å². The summed E-state index contributed by atoms with van der Waals surface area (Å²) in [4.78, 5) is 21.1. The lowest BCUT2D eigenvalue weighted by Gasteiger charge is -2.14. The summed E-state index contributed by atoms with van der Waals surface area (Å²) >= 11 is 0. The van der Waals surface area contributed by atoms with E-state index in [2.05, 4.69) is 15.3 Å². The van der Waals surface area contributed by atoms with Gasteiger partial charge in [-0.2, -0.15) is 0 Å². The van der Waals surface area contributed by atoms with E-state index in [-0.39, 0.29) is 12.5 Å². The molecule has 15 heavy (non-hydrogen) atoms. The van der Waals surface area contributed by atoms with Crippen molar-refractivity contribution in [3.63, 3.8) is 0 Å². The quantitative estimate of drug-likeness (QED) is 0.790. The summed E-state index contributed by atoms with van der Waals surface area (Å²) in [6, 6.07) is 1.80. The second-order valence-corrected chi connectivity index (χ2v) is 3.31. The fraction of sp³-hybridized carbons (Fsp3) is 0.500. The van der Waals surface area contributed by atoms with Gasteiger partial charge in [0.2, 0.25) is 5.91 Å². The number of aromatic nitrogens is 2. The third kappa shape index (κ3) is 3.53. The van der Waals surface area contributed by atoms with Crippen LogP contribution in [-0.4, -0.2) is 40.9 Å². The largest absolute Gasteiger partial charge is 0.361 e. The Bertz CT molecular complexity index is 340. The van der Waals surface area contributed by atoms with Crippen LogP contribution in [0.2, 0.25) is 0 Å². The summed E-state index contributed by atoms with van der Waals surface area (Å²) in [6.45, 7) is 4.80. The molecular formula is C10H16N4O. The zero-order valence-electron chi connectivity index (χ0n) is 9.32. The lowest BCUT2D eigenvalue weighted by molar-refractivity contribution is -0.127. The number of likely N-dealkylation sites (N-methyl/N-ethyl adjacent to an activating group) is 1.